The number of halogens is 3. The van der Waals surface area contributed by atoms with E-state index in [1.165, 1.54) is 14.2 Å². The van der Waals surface area contributed by atoms with Gasteiger partial charge in [0.05, 0.1) is 14.2 Å². The van der Waals surface area contributed by atoms with E-state index in [9.17, 15) is 4.79 Å². The van der Waals surface area contributed by atoms with E-state index >= 15 is 0 Å². The summed E-state index contributed by atoms with van der Waals surface area (Å²) in [5.41, 5.74) is 1.42. The minimum Gasteiger partial charge on any atom is -0.493 e. The first-order valence-corrected chi connectivity index (χ1v) is 8.95. The van der Waals surface area contributed by atoms with Crippen LogP contribution in [0.15, 0.2) is 48.5 Å². The van der Waals surface area contributed by atoms with Crippen molar-refractivity contribution in [2.24, 2.45) is 0 Å². The molecule has 0 aliphatic carbocycles. The van der Waals surface area contributed by atoms with Crippen molar-refractivity contribution in [2.45, 2.75) is 16.5 Å². The highest BCUT2D eigenvalue weighted by atomic mass is 35.6. The number of benzene rings is 2. The summed E-state index contributed by atoms with van der Waals surface area (Å²) in [6, 6.07) is 14.5. The van der Waals surface area contributed by atoms with Gasteiger partial charge < -0.3 is 14.8 Å². The average molecular weight is 419 g/mol. The van der Waals surface area contributed by atoms with Crippen LogP contribution >= 0.6 is 34.8 Å². The number of nitrogens with two attached hydrogens (primary N) is 1. The van der Waals surface area contributed by atoms with Gasteiger partial charge in [-0.05, 0) is 18.2 Å². The Balaban J connectivity index is 2.11. The van der Waals surface area contributed by atoms with E-state index in [-0.39, 0.29) is 5.91 Å². The summed E-state index contributed by atoms with van der Waals surface area (Å²) in [6.45, 7) is 0.547. The molecular weight excluding hydrogens is 399 g/mol. The van der Waals surface area contributed by atoms with E-state index < -0.39 is 9.96 Å². The molecule has 2 aromatic carbocycles. The van der Waals surface area contributed by atoms with Gasteiger partial charge in [-0.1, -0.05) is 65.1 Å². The molecule has 0 heterocycles. The molecule has 1 atom stereocenters. The Kier molecular flexibility index (Phi) is 7.41. The summed E-state index contributed by atoms with van der Waals surface area (Å²) in [5, 5.41) is 4.51. The number of alkyl halides is 3. The Morgan fingerprint density at radius 1 is 1.08 bits per heavy atom. The fourth-order valence-corrected chi connectivity index (χ4v) is 2.78. The van der Waals surface area contributed by atoms with E-state index in [4.69, 9.17) is 44.3 Å². The summed E-state index contributed by atoms with van der Waals surface area (Å²) < 4.78 is 8.70. The van der Waals surface area contributed by atoms with Crippen LogP contribution in [-0.4, -0.2) is 30.1 Å². The maximum atomic E-state index is 12.6. The predicted octanol–water partition coefficient (Wildman–Crippen LogP) is 2.89. The Labute approximate surface area is 167 Å². The first-order valence-electron chi connectivity index (χ1n) is 7.82. The molecule has 0 fully saturated rings. The van der Waals surface area contributed by atoms with Crippen molar-refractivity contribution in [1.29, 1.82) is 0 Å². The van der Waals surface area contributed by atoms with Crippen molar-refractivity contribution in [2.75, 3.05) is 14.2 Å². The number of amides is 1. The van der Waals surface area contributed by atoms with Gasteiger partial charge in [0.1, 0.15) is 6.54 Å². The van der Waals surface area contributed by atoms with Crippen LogP contribution in [0, 0.1) is 0 Å². The number of quaternary nitrogens is 1. The largest absolute Gasteiger partial charge is 0.493 e. The third kappa shape index (κ3) is 5.68. The number of rotatable bonds is 7. The van der Waals surface area contributed by atoms with Crippen molar-refractivity contribution in [3.63, 3.8) is 0 Å². The fraction of sp³-hybridized carbons (Fsp3) is 0.278. The first kappa shape index (κ1) is 20.6. The SMILES string of the molecule is COc1ccc(C(=O)N[C@@H]([NH2+]Cc2ccccc2)C(Cl)(Cl)Cl)cc1OC. The molecule has 1 amide bonds. The minimum absolute atomic E-state index is 0.370. The highest BCUT2D eigenvalue weighted by molar-refractivity contribution is 6.68. The molecule has 5 nitrogen and oxygen atoms in total. The zero-order chi connectivity index (χ0) is 19.2. The van der Waals surface area contributed by atoms with E-state index in [2.05, 4.69) is 5.32 Å². The van der Waals surface area contributed by atoms with Gasteiger partial charge in [-0.2, -0.15) is 0 Å². The van der Waals surface area contributed by atoms with Crippen molar-refractivity contribution in [3.05, 3.63) is 59.7 Å². The highest BCUT2D eigenvalue weighted by Crippen LogP contribution is 2.29. The number of ether oxygens (including phenoxy) is 2. The second-order valence-corrected chi connectivity index (χ2v) is 7.86. The Morgan fingerprint density at radius 3 is 2.31 bits per heavy atom. The standard InChI is InChI=1S/C18H19Cl3N2O3/c1-25-14-9-8-13(10-15(14)26-2)16(24)23-17(18(19,20)21)22-11-12-6-4-3-5-7-12/h3-10,17,22H,11H2,1-2H3,(H,23,24)/p+1/t17-/m1/s1. The smallest absolute Gasteiger partial charge is 0.262 e. The summed E-state index contributed by atoms with van der Waals surface area (Å²) in [6.07, 6.45) is -0.770. The van der Waals surface area contributed by atoms with Crippen LogP contribution < -0.4 is 20.1 Å². The van der Waals surface area contributed by atoms with Gasteiger partial charge in [0.15, 0.2) is 11.5 Å². The lowest BCUT2D eigenvalue weighted by molar-refractivity contribution is -0.706. The van der Waals surface area contributed by atoms with Gasteiger partial charge in [-0.3, -0.25) is 10.1 Å². The molecule has 0 aliphatic heterocycles. The zero-order valence-corrected chi connectivity index (χ0v) is 16.6. The van der Waals surface area contributed by atoms with Gasteiger partial charge in [0.2, 0.25) is 6.17 Å². The van der Waals surface area contributed by atoms with Gasteiger partial charge in [-0.25, -0.2) is 0 Å². The van der Waals surface area contributed by atoms with Crippen molar-refractivity contribution in [3.8, 4) is 11.5 Å². The van der Waals surface area contributed by atoms with Gasteiger partial charge in [0, 0.05) is 11.1 Å². The summed E-state index contributed by atoms with van der Waals surface area (Å²) in [5.74, 6) is 0.586. The van der Waals surface area contributed by atoms with Crippen LogP contribution in [0.2, 0.25) is 0 Å². The van der Waals surface area contributed by atoms with E-state index in [0.29, 0.717) is 23.6 Å². The predicted molar refractivity (Wildman–Crippen MR) is 103 cm³/mol. The highest BCUT2D eigenvalue weighted by Gasteiger charge is 2.37. The number of carbonyl (C=O) groups is 1. The number of carbonyl (C=O) groups excluding carboxylic acids is 1. The van der Waals surface area contributed by atoms with E-state index in [1.807, 2.05) is 30.3 Å². The molecule has 0 saturated carbocycles. The third-order valence-electron chi connectivity index (χ3n) is 3.72. The number of hydrogen-bond donors (Lipinski definition) is 2. The molecule has 26 heavy (non-hydrogen) atoms. The number of methoxy groups -OCH3 is 2. The molecule has 0 spiro atoms. The molecule has 0 aromatic heterocycles. The number of hydrogen-bond acceptors (Lipinski definition) is 3. The average Bonchev–Trinajstić information content (AvgIpc) is 2.64. The van der Waals surface area contributed by atoms with Crippen LogP contribution in [0.3, 0.4) is 0 Å². The lowest BCUT2D eigenvalue weighted by Gasteiger charge is -2.23. The normalized spacial score (nSPS) is 12.3. The zero-order valence-electron chi connectivity index (χ0n) is 14.3. The molecule has 8 heteroatoms. The molecule has 3 N–H and O–H groups in total. The quantitative estimate of drug-likeness (QED) is 0.537. The van der Waals surface area contributed by atoms with Crippen molar-refractivity contribution >= 4 is 40.7 Å². The lowest BCUT2D eigenvalue weighted by Crippen LogP contribution is -2.95. The maximum absolute atomic E-state index is 12.6. The number of nitrogens with one attached hydrogen (secondary N) is 1. The van der Waals surface area contributed by atoms with E-state index in [0.717, 1.165) is 5.56 Å². The van der Waals surface area contributed by atoms with Gasteiger partial charge >= 0.3 is 0 Å². The Bertz CT molecular complexity index is 736. The van der Waals surface area contributed by atoms with Gasteiger partial charge in [-0.15, -0.1) is 0 Å². The third-order valence-corrected chi connectivity index (χ3v) is 4.42. The van der Waals surface area contributed by atoms with Crippen LogP contribution in [-0.2, 0) is 6.54 Å². The minimum atomic E-state index is -1.68. The molecular formula is C18H20Cl3N2O3+. The van der Waals surface area contributed by atoms with E-state index in [1.54, 1.807) is 23.5 Å². The van der Waals surface area contributed by atoms with Crippen LogP contribution in [0.25, 0.3) is 0 Å². The Morgan fingerprint density at radius 2 is 1.73 bits per heavy atom. The summed E-state index contributed by atoms with van der Waals surface area (Å²) >= 11 is 18.1. The Hall–Kier alpha value is -1.66. The second-order valence-electron chi connectivity index (χ2n) is 5.49. The second kappa shape index (κ2) is 9.33. The molecule has 0 saturated heterocycles. The molecule has 2 aromatic rings. The maximum Gasteiger partial charge on any atom is 0.262 e. The molecule has 140 valence electrons. The first-order chi connectivity index (χ1) is 12.3. The fourth-order valence-electron chi connectivity index (χ4n) is 2.34. The molecule has 0 bridgehead atoms. The molecule has 0 aliphatic rings. The van der Waals surface area contributed by atoms with Gasteiger partial charge in [0.25, 0.3) is 9.70 Å². The molecule has 0 radical (unpaired) electrons. The summed E-state index contributed by atoms with van der Waals surface area (Å²) in [7, 11) is 3.02. The molecule has 2 rings (SSSR count). The molecule has 0 unspecified atom stereocenters. The van der Waals surface area contributed by atoms with Crippen LogP contribution in [0.1, 0.15) is 15.9 Å². The topological polar surface area (TPSA) is 64.2 Å². The van der Waals surface area contributed by atoms with Crippen molar-refractivity contribution < 1.29 is 19.6 Å². The van der Waals surface area contributed by atoms with Crippen LogP contribution in [0.5, 0.6) is 11.5 Å². The monoisotopic (exact) mass is 417 g/mol. The lowest BCUT2D eigenvalue weighted by atomic mass is 10.2. The van der Waals surface area contributed by atoms with Crippen LogP contribution in [0.4, 0.5) is 0 Å². The van der Waals surface area contributed by atoms with Crippen molar-refractivity contribution in [1.82, 2.24) is 5.32 Å². The summed E-state index contributed by atoms with van der Waals surface area (Å²) in [4.78, 5) is 12.6.